The van der Waals surface area contributed by atoms with Crippen molar-refractivity contribution < 1.29 is 27.8 Å². The summed E-state index contributed by atoms with van der Waals surface area (Å²) in [5, 5.41) is 10.7. The number of nitrogens with zero attached hydrogens (tertiary/aromatic N) is 2. The SMILES string of the molecule is Cn1c(CC(F)(F)F)cc2cc(CO)c(-c3ccc4c(c3)CCN(C(=O)OC(C)(C)C)C4)cc21. The first-order valence-corrected chi connectivity index (χ1v) is 11.2. The minimum atomic E-state index is -4.30. The fourth-order valence-corrected chi connectivity index (χ4v) is 4.47. The van der Waals surface area contributed by atoms with E-state index in [-0.39, 0.29) is 18.4 Å². The molecular formula is C26H29F3N2O3. The number of rotatable bonds is 3. The number of aromatic nitrogens is 1. The van der Waals surface area contributed by atoms with Gasteiger partial charge >= 0.3 is 12.3 Å². The van der Waals surface area contributed by atoms with E-state index in [9.17, 15) is 23.1 Å². The molecule has 182 valence electrons. The quantitative estimate of drug-likeness (QED) is 0.527. The average Bonchev–Trinajstić information content (AvgIpc) is 3.03. The predicted octanol–water partition coefficient (Wildman–Crippen LogP) is 5.74. The highest BCUT2D eigenvalue weighted by molar-refractivity contribution is 5.88. The molecule has 2 heterocycles. The van der Waals surface area contributed by atoms with E-state index in [1.807, 2.05) is 45.0 Å². The number of fused-ring (bicyclic) bond motifs is 2. The van der Waals surface area contributed by atoms with E-state index in [1.165, 1.54) is 6.07 Å². The van der Waals surface area contributed by atoms with Crippen molar-refractivity contribution in [1.29, 1.82) is 0 Å². The van der Waals surface area contributed by atoms with Crippen LogP contribution in [-0.4, -0.2) is 39.0 Å². The number of hydrogen-bond donors (Lipinski definition) is 1. The summed E-state index contributed by atoms with van der Waals surface area (Å²) >= 11 is 0. The Morgan fingerprint density at radius 3 is 2.47 bits per heavy atom. The molecule has 0 unspecified atom stereocenters. The van der Waals surface area contributed by atoms with E-state index in [0.717, 1.165) is 22.3 Å². The van der Waals surface area contributed by atoms with Crippen LogP contribution in [0.2, 0.25) is 0 Å². The number of aryl methyl sites for hydroxylation is 1. The fourth-order valence-electron chi connectivity index (χ4n) is 4.47. The lowest BCUT2D eigenvalue weighted by Gasteiger charge is -2.31. The van der Waals surface area contributed by atoms with Gasteiger partial charge in [0.1, 0.15) is 5.60 Å². The second kappa shape index (κ2) is 8.65. The highest BCUT2D eigenvalue weighted by atomic mass is 19.4. The molecule has 1 amide bonds. The third kappa shape index (κ3) is 5.06. The second-order valence-corrected chi connectivity index (χ2v) is 9.85. The topological polar surface area (TPSA) is 54.7 Å². The molecule has 0 atom stereocenters. The molecule has 5 nitrogen and oxygen atoms in total. The molecule has 0 saturated heterocycles. The molecule has 4 rings (SSSR count). The number of carbonyl (C=O) groups is 1. The molecule has 8 heteroatoms. The molecule has 0 radical (unpaired) electrons. The van der Waals surface area contributed by atoms with E-state index >= 15 is 0 Å². The Balaban J connectivity index is 1.66. The number of halogens is 3. The van der Waals surface area contributed by atoms with Crippen molar-refractivity contribution in [3.63, 3.8) is 0 Å². The van der Waals surface area contributed by atoms with Crippen molar-refractivity contribution in [3.8, 4) is 11.1 Å². The third-order valence-electron chi connectivity index (χ3n) is 6.10. The van der Waals surface area contributed by atoms with Crippen LogP contribution in [0.25, 0.3) is 22.0 Å². The van der Waals surface area contributed by atoms with Crippen molar-refractivity contribution in [2.24, 2.45) is 7.05 Å². The summed E-state index contributed by atoms with van der Waals surface area (Å²) in [6.07, 6.45) is -4.97. The lowest BCUT2D eigenvalue weighted by Crippen LogP contribution is -2.39. The van der Waals surface area contributed by atoms with Crippen LogP contribution in [0.1, 0.15) is 43.2 Å². The molecule has 0 fully saturated rings. The fraction of sp³-hybridized carbons (Fsp3) is 0.423. The molecule has 34 heavy (non-hydrogen) atoms. The summed E-state index contributed by atoms with van der Waals surface area (Å²) in [5.74, 6) is 0. The number of aliphatic hydroxyl groups excluding tert-OH is 1. The molecule has 0 saturated carbocycles. The van der Waals surface area contributed by atoms with Crippen LogP contribution in [0.15, 0.2) is 36.4 Å². The first-order chi connectivity index (χ1) is 15.8. The summed E-state index contributed by atoms with van der Waals surface area (Å²) in [6.45, 7) is 6.28. The maximum absolute atomic E-state index is 13.0. The summed E-state index contributed by atoms with van der Waals surface area (Å²) in [5.41, 5.74) is 4.75. The van der Waals surface area contributed by atoms with Crippen LogP contribution in [-0.2, 0) is 37.8 Å². The third-order valence-corrected chi connectivity index (χ3v) is 6.10. The largest absolute Gasteiger partial charge is 0.444 e. The Kier molecular flexibility index (Phi) is 6.14. The lowest BCUT2D eigenvalue weighted by molar-refractivity contribution is -0.128. The minimum absolute atomic E-state index is 0.177. The molecule has 0 bridgehead atoms. The van der Waals surface area contributed by atoms with Crippen molar-refractivity contribution >= 4 is 17.0 Å². The predicted molar refractivity (Wildman–Crippen MR) is 124 cm³/mol. The van der Waals surface area contributed by atoms with Crippen molar-refractivity contribution in [2.45, 2.75) is 58.5 Å². The lowest BCUT2D eigenvalue weighted by atomic mass is 9.92. The van der Waals surface area contributed by atoms with Crippen LogP contribution in [0.3, 0.4) is 0 Å². The summed E-state index contributed by atoms with van der Waals surface area (Å²) in [7, 11) is 1.63. The molecule has 1 aliphatic heterocycles. The Morgan fingerprint density at radius 2 is 1.82 bits per heavy atom. The number of benzene rings is 2. The standard InChI is InChI=1S/C26H29F3N2O3/c1-25(2,3)34-24(33)31-8-7-16-9-17(5-6-18(16)14-31)22-12-23-19(10-20(22)15-32)11-21(30(23)4)13-26(27,28)29/h5-6,9-12,32H,7-8,13-15H2,1-4H3. The zero-order chi connectivity index (χ0) is 24.8. The zero-order valence-electron chi connectivity index (χ0n) is 19.8. The van der Waals surface area contributed by atoms with Gasteiger partial charge in [0.15, 0.2) is 0 Å². The first-order valence-electron chi connectivity index (χ1n) is 11.2. The van der Waals surface area contributed by atoms with Gasteiger partial charge in [0.2, 0.25) is 0 Å². The van der Waals surface area contributed by atoms with Gasteiger partial charge in [0.05, 0.1) is 13.0 Å². The number of carbonyl (C=O) groups excluding carboxylic acids is 1. The maximum Gasteiger partial charge on any atom is 0.410 e. The average molecular weight is 475 g/mol. The van der Waals surface area contributed by atoms with Crippen LogP contribution in [0, 0.1) is 0 Å². The van der Waals surface area contributed by atoms with Gasteiger partial charge in [0.25, 0.3) is 0 Å². The van der Waals surface area contributed by atoms with Gasteiger partial charge in [-0.3, -0.25) is 0 Å². The minimum Gasteiger partial charge on any atom is -0.444 e. The Bertz CT molecular complexity index is 1240. The molecule has 1 N–H and O–H groups in total. The molecule has 0 spiro atoms. The summed E-state index contributed by atoms with van der Waals surface area (Å²) in [6, 6.07) is 11.1. The van der Waals surface area contributed by atoms with E-state index < -0.39 is 18.2 Å². The molecule has 1 aromatic heterocycles. The highest BCUT2D eigenvalue weighted by Gasteiger charge is 2.30. The van der Waals surface area contributed by atoms with E-state index in [0.29, 0.717) is 36.0 Å². The molecular weight excluding hydrogens is 445 g/mol. The number of hydrogen-bond acceptors (Lipinski definition) is 3. The van der Waals surface area contributed by atoms with E-state index in [4.69, 9.17) is 4.74 Å². The van der Waals surface area contributed by atoms with Crippen LogP contribution in [0.5, 0.6) is 0 Å². The Labute approximate surface area is 196 Å². The van der Waals surface area contributed by atoms with Gasteiger partial charge in [0, 0.05) is 36.7 Å². The van der Waals surface area contributed by atoms with Crippen molar-refractivity contribution in [2.75, 3.05) is 6.54 Å². The number of aliphatic hydroxyl groups is 1. The van der Waals surface area contributed by atoms with Gasteiger partial charge in [-0.25, -0.2) is 4.79 Å². The zero-order valence-corrected chi connectivity index (χ0v) is 19.8. The van der Waals surface area contributed by atoms with E-state index in [1.54, 1.807) is 22.6 Å². The number of amides is 1. The molecule has 3 aromatic rings. The highest BCUT2D eigenvalue weighted by Crippen LogP contribution is 2.34. The van der Waals surface area contributed by atoms with Crippen molar-refractivity contribution in [3.05, 3.63) is 58.8 Å². The van der Waals surface area contributed by atoms with Crippen LogP contribution < -0.4 is 0 Å². The Hall–Kier alpha value is -3.00. The smallest absolute Gasteiger partial charge is 0.410 e. The summed E-state index contributed by atoms with van der Waals surface area (Å²) < 4.78 is 46.0. The number of alkyl halides is 3. The van der Waals surface area contributed by atoms with Crippen molar-refractivity contribution in [1.82, 2.24) is 9.47 Å². The van der Waals surface area contributed by atoms with Gasteiger partial charge in [-0.05, 0) is 73.2 Å². The molecule has 2 aromatic carbocycles. The maximum atomic E-state index is 13.0. The van der Waals surface area contributed by atoms with Gasteiger partial charge in [-0.1, -0.05) is 18.2 Å². The van der Waals surface area contributed by atoms with Gasteiger partial charge in [-0.2, -0.15) is 13.2 Å². The first kappa shape index (κ1) is 24.1. The summed E-state index contributed by atoms with van der Waals surface area (Å²) in [4.78, 5) is 14.1. The Morgan fingerprint density at radius 1 is 1.09 bits per heavy atom. The number of ether oxygens (including phenoxy) is 1. The molecule has 0 aliphatic carbocycles. The van der Waals surface area contributed by atoms with Crippen LogP contribution >= 0.6 is 0 Å². The van der Waals surface area contributed by atoms with E-state index in [2.05, 4.69) is 0 Å². The second-order valence-electron chi connectivity index (χ2n) is 9.85. The van der Waals surface area contributed by atoms with Gasteiger partial charge < -0.3 is 19.3 Å². The van der Waals surface area contributed by atoms with Gasteiger partial charge in [-0.15, -0.1) is 0 Å². The monoisotopic (exact) mass is 474 g/mol. The normalized spacial score (nSPS) is 14.4. The molecule has 1 aliphatic rings. The van der Waals surface area contributed by atoms with Crippen LogP contribution in [0.4, 0.5) is 18.0 Å².